The zero-order chi connectivity index (χ0) is 19.4. The molecule has 0 bridgehead atoms. The highest BCUT2D eigenvalue weighted by Gasteiger charge is 2.15. The van der Waals surface area contributed by atoms with Crippen LogP contribution >= 0.6 is 0 Å². The molecule has 0 saturated heterocycles. The molecule has 0 aliphatic carbocycles. The van der Waals surface area contributed by atoms with Gasteiger partial charge in [-0.25, -0.2) is 18.7 Å². The van der Waals surface area contributed by atoms with Crippen molar-refractivity contribution >= 4 is 28.9 Å². The number of hydrogen-bond acceptors (Lipinski definition) is 5. The molecule has 0 atom stereocenters. The first-order valence-corrected chi connectivity index (χ1v) is 7.89. The molecule has 0 radical (unpaired) electrons. The van der Waals surface area contributed by atoms with Gasteiger partial charge in [-0.15, -0.1) is 0 Å². The first-order valence-electron chi connectivity index (χ1n) is 7.89. The Morgan fingerprint density at radius 3 is 2.26 bits per heavy atom. The number of anilines is 3. The smallest absolute Gasteiger partial charge is 0.274 e. The summed E-state index contributed by atoms with van der Waals surface area (Å²) in [6, 6.07) is 11.3. The van der Waals surface area contributed by atoms with Gasteiger partial charge in [0.1, 0.15) is 35.2 Å². The second kappa shape index (κ2) is 7.69. The van der Waals surface area contributed by atoms with E-state index in [1.165, 1.54) is 19.1 Å². The van der Waals surface area contributed by atoms with Crippen molar-refractivity contribution in [3.05, 3.63) is 77.8 Å². The van der Waals surface area contributed by atoms with Gasteiger partial charge in [0.05, 0.1) is 0 Å². The molecule has 0 fully saturated rings. The molecule has 3 aromatic rings. The topological polar surface area (TPSA) is 84.0 Å². The monoisotopic (exact) mass is 368 g/mol. The summed E-state index contributed by atoms with van der Waals surface area (Å²) in [4.78, 5) is 31.4. The van der Waals surface area contributed by atoms with Crippen LogP contribution in [0.4, 0.5) is 26.0 Å². The number of nitrogens with one attached hydrogen (secondary N) is 2. The van der Waals surface area contributed by atoms with Crippen LogP contribution in [-0.2, 0) is 0 Å². The van der Waals surface area contributed by atoms with Crippen molar-refractivity contribution in [2.45, 2.75) is 6.92 Å². The third-order valence-corrected chi connectivity index (χ3v) is 3.66. The fourth-order valence-corrected chi connectivity index (χ4v) is 2.28. The maximum Gasteiger partial charge on any atom is 0.274 e. The Morgan fingerprint density at radius 2 is 1.63 bits per heavy atom. The van der Waals surface area contributed by atoms with E-state index in [0.717, 1.165) is 18.5 Å². The maximum absolute atomic E-state index is 13.7. The van der Waals surface area contributed by atoms with Crippen LogP contribution < -0.4 is 10.6 Å². The second-order valence-electron chi connectivity index (χ2n) is 5.60. The minimum atomic E-state index is -0.888. The molecule has 27 heavy (non-hydrogen) atoms. The molecule has 2 aromatic carbocycles. The number of para-hydroxylation sites is 1. The van der Waals surface area contributed by atoms with E-state index in [0.29, 0.717) is 17.1 Å². The SMILES string of the molecule is CC(=O)c1ccc(Nc2cc(C(=O)Nc3c(F)cccc3F)ncn2)cc1. The van der Waals surface area contributed by atoms with Crippen LogP contribution in [0, 0.1) is 11.6 Å². The van der Waals surface area contributed by atoms with E-state index in [4.69, 9.17) is 0 Å². The first kappa shape index (κ1) is 18.1. The van der Waals surface area contributed by atoms with Gasteiger partial charge in [-0.05, 0) is 43.3 Å². The molecule has 0 spiro atoms. The number of aromatic nitrogens is 2. The minimum Gasteiger partial charge on any atom is -0.340 e. The second-order valence-corrected chi connectivity index (χ2v) is 5.60. The molecule has 0 aliphatic rings. The van der Waals surface area contributed by atoms with E-state index in [1.54, 1.807) is 24.3 Å². The first-order chi connectivity index (χ1) is 12.9. The number of nitrogens with zero attached hydrogens (tertiary/aromatic N) is 2. The Kier molecular flexibility index (Phi) is 5.16. The molecular formula is C19H14F2N4O2. The van der Waals surface area contributed by atoms with Crippen LogP contribution in [-0.4, -0.2) is 21.7 Å². The molecule has 1 heterocycles. The quantitative estimate of drug-likeness (QED) is 0.666. The number of benzene rings is 2. The van der Waals surface area contributed by atoms with E-state index in [9.17, 15) is 18.4 Å². The average Bonchev–Trinajstić information content (AvgIpc) is 2.65. The van der Waals surface area contributed by atoms with Gasteiger partial charge in [-0.3, -0.25) is 9.59 Å². The summed E-state index contributed by atoms with van der Waals surface area (Å²) in [6.45, 7) is 1.47. The Hall–Kier alpha value is -3.68. The molecule has 136 valence electrons. The molecule has 8 heteroatoms. The van der Waals surface area contributed by atoms with Gasteiger partial charge >= 0.3 is 0 Å². The van der Waals surface area contributed by atoms with E-state index >= 15 is 0 Å². The number of carbonyl (C=O) groups is 2. The average molecular weight is 368 g/mol. The van der Waals surface area contributed by atoms with Crippen molar-refractivity contribution in [2.75, 3.05) is 10.6 Å². The Labute approximate surface area is 153 Å². The zero-order valence-electron chi connectivity index (χ0n) is 14.2. The number of rotatable bonds is 5. The number of amides is 1. The molecule has 0 aliphatic heterocycles. The van der Waals surface area contributed by atoms with E-state index in [1.807, 2.05) is 0 Å². The van der Waals surface area contributed by atoms with Crippen molar-refractivity contribution in [1.82, 2.24) is 9.97 Å². The van der Waals surface area contributed by atoms with Gasteiger partial charge in [0.15, 0.2) is 5.78 Å². The van der Waals surface area contributed by atoms with Gasteiger partial charge < -0.3 is 10.6 Å². The predicted octanol–water partition coefficient (Wildman–Crippen LogP) is 3.95. The molecule has 1 aromatic heterocycles. The van der Waals surface area contributed by atoms with Crippen molar-refractivity contribution in [1.29, 1.82) is 0 Å². The Balaban J connectivity index is 1.76. The molecule has 0 saturated carbocycles. The standard InChI is InChI=1S/C19H14F2N4O2/c1-11(26)12-5-7-13(8-6-12)24-17-9-16(22-10-23-17)19(27)25-18-14(20)3-2-4-15(18)21/h2-10H,1H3,(H,25,27)(H,22,23,24). The minimum absolute atomic E-state index is 0.0529. The van der Waals surface area contributed by atoms with Crippen LogP contribution in [0.25, 0.3) is 0 Å². The van der Waals surface area contributed by atoms with Gasteiger partial charge in [0, 0.05) is 17.3 Å². The van der Waals surface area contributed by atoms with Crippen molar-refractivity contribution < 1.29 is 18.4 Å². The van der Waals surface area contributed by atoms with Crippen molar-refractivity contribution in [2.24, 2.45) is 0 Å². The summed E-state index contributed by atoms with van der Waals surface area (Å²) in [6.07, 6.45) is 1.15. The number of halogens is 2. The molecular weight excluding hydrogens is 354 g/mol. The summed E-state index contributed by atoms with van der Waals surface area (Å²) in [5, 5.41) is 5.12. The number of hydrogen-bond donors (Lipinski definition) is 2. The van der Waals surface area contributed by atoms with E-state index < -0.39 is 23.2 Å². The van der Waals surface area contributed by atoms with Gasteiger partial charge in [-0.1, -0.05) is 6.07 Å². The predicted molar refractivity (Wildman–Crippen MR) is 96.1 cm³/mol. The largest absolute Gasteiger partial charge is 0.340 e. The lowest BCUT2D eigenvalue weighted by Gasteiger charge is -2.09. The molecule has 6 nitrogen and oxygen atoms in total. The summed E-state index contributed by atoms with van der Waals surface area (Å²) >= 11 is 0. The van der Waals surface area contributed by atoms with Crippen LogP contribution in [0.5, 0.6) is 0 Å². The van der Waals surface area contributed by atoms with Crippen molar-refractivity contribution in [3.8, 4) is 0 Å². The third-order valence-electron chi connectivity index (χ3n) is 3.66. The van der Waals surface area contributed by atoms with E-state index in [2.05, 4.69) is 20.6 Å². The normalized spacial score (nSPS) is 10.3. The van der Waals surface area contributed by atoms with E-state index in [-0.39, 0.29) is 11.5 Å². The number of carbonyl (C=O) groups excluding carboxylic acids is 2. The summed E-state index contributed by atoms with van der Waals surface area (Å²) in [5.41, 5.74) is 0.589. The fraction of sp³-hybridized carbons (Fsp3) is 0.0526. The molecule has 3 rings (SSSR count). The molecule has 0 unspecified atom stereocenters. The Morgan fingerprint density at radius 1 is 0.963 bits per heavy atom. The molecule has 1 amide bonds. The summed E-state index contributed by atoms with van der Waals surface area (Å²) < 4.78 is 27.3. The van der Waals surface area contributed by atoms with Crippen molar-refractivity contribution in [3.63, 3.8) is 0 Å². The van der Waals surface area contributed by atoms with Gasteiger partial charge in [-0.2, -0.15) is 0 Å². The van der Waals surface area contributed by atoms with Crippen LogP contribution in [0.15, 0.2) is 54.9 Å². The lowest BCUT2D eigenvalue weighted by atomic mass is 10.1. The molecule has 2 N–H and O–H groups in total. The Bertz CT molecular complexity index is 987. The van der Waals surface area contributed by atoms with Crippen LogP contribution in [0.3, 0.4) is 0 Å². The lowest BCUT2D eigenvalue weighted by Crippen LogP contribution is -2.16. The summed E-state index contributed by atoms with van der Waals surface area (Å²) in [5.74, 6) is -2.30. The third kappa shape index (κ3) is 4.30. The summed E-state index contributed by atoms with van der Waals surface area (Å²) in [7, 11) is 0. The van der Waals surface area contributed by atoms with Gasteiger partial charge in [0.2, 0.25) is 0 Å². The van der Waals surface area contributed by atoms with Crippen LogP contribution in [0.1, 0.15) is 27.8 Å². The highest BCUT2D eigenvalue weighted by molar-refractivity contribution is 6.03. The lowest BCUT2D eigenvalue weighted by molar-refractivity contribution is 0.101. The maximum atomic E-state index is 13.7. The van der Waals surface area contributed by atoms with Gasteiger partial charge in [0.25, 0.3) is 5.91 Å². The van der Waals surface area contributed by atoms with Crippen LogP contribution in [0.2, 0.25) is 0 Å². The fourth-order valence-electron chi connectivity index (χ4n) is 2.28. The zero-order valence-corrected chi connectivity index (χ0v) is 14.2. The highest BCUT2D eigenvalue weighted by Crippen LogP contribution is 2.20. The number of Topliss-reactive ketones (excluding diaryl/α,β-unsaturated/α-hetero) is 1. The number of ketones is 1. The highest BCUT2D eigenvalue weighted by atomic mass is 19.1.